The maximum Gasteiger partial charge on any atom is 0.222 e. The van der Waals surface area contributed by atoms with Gasteiger partial charge in [0.25, 0.3) is 0 Å². The summed E-state index contributed by atoms with van der Waals surface area (Å²) in [6, 6.07) is 16.6. The predicted octanol–water partition coefficient (Wildman–Crippen LogP) is 5.06. The summed E-state index contributed by atoms with van der Waals surface area (Å²) in [5.74, 6) is 0.0847. The monoisotopic (exact) mass is 350 g/mol. The smallest absolute Gasteiger partial charge is 0.222 e. The fourth-order valence-corrected chi connectivity index (χ4v) is 3.26. The van der Waals surface area contributed by atoms with Crippen LogP contribution in [0.2, 0.25) is 0 Å². The molecule has 128 valence electrons. The lowest BCUT2D eigenvalue weighted by Gasteiger charge is -2.08. The molecule has 0 aliphatic carbocycles. The fourth-order valence-electron chi connectivity index (χ4n) is 2.42. The minimum atomic E-state index is 0.00906. The molecule has 0 spiro atoms. The summed E-state index contributed by atoms with van der Waals surface area (Å²) >= 11 is 1.65. The third kappa shape index (κ3) is 4.34. The molecule has 4 heteroatoms. The molecular weight excluding hydrogens is 328 g/mol. The van der Waals surface area contributed by atoms with Crippen molar-refractivity contribution in [2.45, 2.75) is 27.3 Å². The van der Waals surface area contributed by atoms with Crippen molar-refractivity contribution < 1.29 is 4.79 Å². The number of carbonyl (C=O) groups is 1. The van der Waals surface area contributed by atoms with Crippen LogP contribution >= 0.6 is 11.3 Å². The Morgan fingerprint density at radius 3 is 2.32 bits per heavy atom. The number of thiazole rings is 1. The fraction of sp³-hybridized carbons (Fsp3) is 0.238. The molecule has 3 rings (SSSR count). The number of benzene rings is 2. The molecule has 2 aromatic carbocycles. The molecule has 1 N–H and O–H groups in total. The summed E-state index contributed by atoms with van der Waals surface area (Å²) < 4.78 is 0. The van der Waals surface area contributed by atoms with E-state index in [1.54, 1.807) is 11.3 Å². The average Bonchev–Trinajstić information content (AvgIpc) is 3.10. The number of amides is 1. The number of aryl methyl sites for hydroxylation is 1. The van der Waals surface area contributed by atoms with Crippen LogP contribution in [0.5, 0.6) is 0 Å². The average molecular weight is 350 g/mol. The lowest BCUT2D eigenvalue weighted by molar-refractivity contribution is -0.124. The number of nitrogens with one attached hydrogen (secondary N) is 1. The van der Waals surface area contributed by atoms with Gasteiger partial charge >= 0.3 is 0 Å². The van der Waals surface area contributed by atoms with Crippen LogP contribution in [-0.4, -0.2) is 10.9 Å². The van der Waals surface area contributed by atoms with Crippen molar-refractivity contribution in [1.82, 2.24) is 10.3 Å². The Hall–Kier alpha value is -2.46. The lowest BCUT2D eigenvalue weighted by Crippen LogP contribution is -2.27. The first kappa shape index (κ1) is 17.4. The molecular formula is C21H22N2OS. The van der Waals surface area contributed by atoms with Gasteiger partial charge in [-0.25, -0.2) is 4.98 Å². The number of hydrogen-bond acceptors (Lipinski definition) is 3. The maximum atomic E-state index is 11.6. The van der Waals surface area contributed by atoms with Gasteiger partial charge in [0.05, 0.1) is 5.69 Å². The molecule has 0 aliphatic heterocycles. The van der Waals surface area contributed by atoms with Crippen LogP contribution in [0.1, 0.15) is 25.0 Å². The number of aromatic nitrogens is 1. The maximum absolute atomic E-state index is 11.6. The molecule has 0 bridgehead atoms. The molecule has 25 heavy (non-hydrogen) atoms. The molecule has 0 unspecified atom stereocenters. The standard InChI is InChI=1S/C21H22N2OS/c1-14(2)20(24)22-12-16-6-10-18(11-7-16)21-23-19(13-25-21)17-8-4-15(3)5-9-17/h4-11,13-14H,12H2,1-3H3,(H,22,24). The summed E-state index contributed by atoms with van der Waals surface area (Å²) in [6.45, 7) is 6.43. The van der Waals surface area contributed by atoms with Crippen molar-refractivity contribution in [2.75, 3.05) is 0 Å². The first-order valence-electron chi connectivity index (χ1n) is 8.42. The van der Waals surface area contributed by atoms with Crippen LogP contribution in [0.3, 0.4) is 0 Å². The van der Waals surface area contributed by atoms with Gasteiger partial charge < -0.3 is 5.32 Å². The van der Waals surface area contributed by atoms with Gasteiger partial charge in [-0.1, -0.05) is 67.9 Å². The van der Waals surface area contributed by atoms with Crippen molar-refractivity contribution in [3.05, 3.63) is 65.0 Å². The van der Waals surface area contributed by atoms with Gasteiger partial charge in [-0.3, -0.25) is 4.79 Å². The SMILES string of the molecule is Cc1ccc(-c2csc(-c3ccc(CNC(=O)C(C)C)cc3)n2)cc1. The van der Waals surface area contributed by atoms with Crippen molar-refractivity contribution in [2.24, 2.45) is 5.92 Å². The highest BCUT2D eigenvalue weighted by Crippen LogP contribution is 2.29. The van der Waals surface area contributed by atoms with E-state index in [2.05, 4.69) is 54.0 Å². The van der Waals surface area contributed by atoms with E-state index < -0.39 is 0 Å². The van der Waals surface area contributed by atoms with E-state index in [4.69, 9.17) is 4.98 Å². The van der Waals surface area contributed by atoms with Crippen LogP contribution in [0.4, 0.5) is 0 Å². The quantitative estimate of drug-likeness (QED) is 0.699. The molecule has 0 saturated carbocycles. The second kappa shape index (κ2) is 7.62. The van der Waals surface area contributed by atoms with E-state index in [1.807, 2.05) is 26.0 Å². The normalized spacial score (nSPS) is 10.9. The van der Waals surface area contributed by atoms with Crippen LogP contribution in [0.15, 0.2) is 53.9 Å². The lowest BCUT2D eigenvalue weighted by atomic mass is 10.1. The third-order valence-electron chi connectivity index (χ3n) is 4.04. The Kier molecular flexibility index (Phi) is 5.29. The highest BCUT2D eigenvalue weighted by Gasteiger charge is 2.08. The molecule has 0 atom stereocenters. The Bertz CT molecular complexity index is 848. The van der Waals surface area contributed by atoms with E-state index in [0.29, 0.717) is 6.54 Å². The zero-order valence-corrected chi connectivity index (χ0v) is 15.6. The molecule has 0 radical (unpaired) electrons. The highest BCUT2D eigenvalue weighted by atomic mass is 32.1. The van der Waals surface area contributed by atoms with Crippen molar-refractivity contribution in [1.29, 1.82) is 0 Å². The number of carbonyl (C=O) groups excluding carboxylic acids is 1. The van der Waals surface area contributed by atoms with E-state index in [-0.39, 0.29) is 11.8 Å². The predicted molar refractivity (Wildman–Crippen MR) is 104 cm³/mol. The molecule has 3 aromatic rings. The Morgan fingerprint density at radius 2 is 1.68 bits per heavy atom. The highest BCUT2D eigenvalue weighted by molar-refractivity contribution is 7.13. The van der Waals surface area contributed by atoms with Gasteiger partial charge in [0.1, 0.15) is 5.01 Å². The van der Waals surface area contributed by atoms with Gasteiger partial charge in [-0.05, 0) is 12.5 Å². The Morgan fingerprint density at radius 1 is 1.04 bits per heavy atom. The second-order valence-electron chi connectivity index (χ2n) is 6.47. The van der Waals surface area contributed by atoms with Crippen molar-refractivity contribution in [3.8, 4) is 21.8 Å². The summed E-state index contributed by atoms with van der Waals surface area (Å²) in [5.41, 5.74) is 5.59. The van der Waals surface area contributed by atoms with E-state index in [0.717, 1.165) is 27.4 Å². The van der Waals surface area contributed by atoms with Crippen LogP contribution in [-0.2, 0) is 11.3 Å². The first-order chi connectivity index (χ1) is 12.0. The molecule has 0 fully saturated rings. The zero-order chi connectivity index (χ0) is 17.8. The van der Waals surface area contributed by atoms with Crippen LogP contribution in [0, 0.1) is 12.8 Å². The van der Waals surface area contributed by atoms with Crippen LogP contribution < -0.4 is 5.32 Å². The number of hydrogen-bond donors (Lipinski definition) is 1. The van der Waals surface area contributed by atoms with Crippen LogP contribution in [0.25, 0.3) is 21.8 Å². The number of rotatable bonds is 5. The third-order valence-corrected chi connectivity index (χ3v) is 4.93. The van der Waals surface area contributed by atoms with Gasteiger partial charge in [-0.15, -0.1) is 11.3 Å². The van der Waals surface area contributed by atoms with E-state index >= 15 is 0 Å². The first-order valence-corrected chi connectivity index (χ1v) is 9.30. The van der Waals surface area contributed by atoms with E-state index in [1.165, 1.54) is 5.56 Å². The molecule has 1 heterocycles. The second-order valence-corrected chi connectivity index (χ2v) is 7.33. The minimum absolute atomic E-state index is 0.00906. The summed E-state index contributed by atoms with van der Waals surface area (Å²) in [4.78, 5) is 16.4. The van der Waals surface area contributed by atoms with Gasteiger partial charge in [-0.2, -0.15) is 0 Å². The topological polar surface area (TPSA) is 42.0 Å². The summed E-state index contributed by atoms with van der Waals surface area (Å²) in [6.07, 6.45) is 0. The summed E-state index contributed by atoms with van der Waals surface area (Å²) in [7, 11) is 0. The van der Waals surface area contributed by atoms with Crippen molar-refractivity contribution in [3.63, 3.8) is 0 Å². The zero-order valence-electron chi connectivity index (χ0n) is 14.7. The molecule has 1 amide bonds. The molecule has 0 saturated heterocycles. The molecule has 0 aliphatic rings. The van der Waals surface area contributed by atoms with Crippen molar-refractivity contribution >= 4 is 17.2 Å². The van der Waals surface area contributed by atoms with Gasteiger partial charge in [0, 0.05) is 29.0 Å². The Labute approximate surface area is 152 Å². The Balaban J connectivity index is 1.70. The largest absolute Gasteiger partial charge is 0.352 e. The van der Waals surface area contributed by atoms with Gasteiger partial charge in [0.15, 0.2) is 0 Å². The van der Waals surface area contributed by atoms with Gasteiger partial charge in [0.2, 0.25) is 5.91 Å². The molecule has 3 nitrogen and oxygen atoms in total. The molecule has 1 aromatic heterocycles. The summed E-state index contributed by atoms with van der Waals surface area (Å²) in [5, 5.41) is 6.04. The number of nitrogens with zero attached hydrogens (tertiary/aromatic N) is 1. The minimum Gasteiger partial charge on any atom is -0.352 e. The van der Waals surface area contributed by atoms with E-state index in [9.17, 15) is 4.79 Å².